The molecule has 0 heteroatoms. The molecule has 0 aliphatic carbocycles. The first-order valence-corrected chi connectivity index (χ1v) is 11.5. The Hall–Kier alpha value is -0.520. The summed E-state index contributed by atoms with van der Waals surface area (Å²) in [6.45, 7) is 39.7. The Labute approximate surface area is 173 Å². The Morgan fingerprint density at radius 3 is 1.00 bits per heavy atom. The molecule has 26 heavy (non-hydrogen) atoms. The number of allylic oxidation sites excluding steroid dienone is 1. The SMILES string of the molecule is C=C.C=C(CC)C(C)C.CC.CC.CCC.CCC.CCCC(C)CC. The van der Waals surface area contributed by atoms with E-state index in [1.54, 1.807) is 0 Å². The third-order valence-corrected chi connectivity index (χ3v) is 2.75. The number of rotatable bonds is 5. The van der Waals surface area contributed by atoms with Crippen LogP contribution in [0.4, 0.5) is 0 Å². The van der Waals surface area contributed by atoms with Gasteiger partial charge in [-0.25, -0.2) is 0 Å². The molecule has 0 amide bonds. The zero-order chi connectivity index (χ0) is 23.0. The third-order valence-electron chi connectivity index (χ3n) is 2.75. The van der Waals surface area contributed by atoms with Crippen LogP contribution in [0.3, 0.4) is 0 Å². The van der Waals surface area contributed by atoms with Crippen molar-refractivity contribution in [3.8, 4) is 0 Å². The molecule has 0 saturated carbocycles. The lowest BCUT2D eigenvalue weighted by atomic mass is 10.0. The summed E-state index contributed by atoms with van der Waals surface area (Å²) in [5.41, 5.74) is 1.35. The monoisotopic (exact) mass is 374 g/mol. The maximum absolute atomic E-state index is 3.87. The predicted octanol–water partition coefficient (Wildman–Crippen LogP) is 11.1. The molecule has 0 fully saturated rings. The molecule has 0 N–H and O–H groups in total. The van der Waals surface area contributed by atoms with E-state index in [2.05, 4.69) is 89.0 Å². The van der Waals surface area contributed by atoms with Gasteiger partial charge >= 0.3 is 0 Å². The van der Waals surface area contributed by atoms with E-state index in [0.29, 0.717) is 5.92 Å². The lowest BCUT2D eigenvalue weighted by Crippen LogP contribution is -1.88. The van der Waals surface area contributed by atoms with Gasteiger partial charge in [-0.1, -0.05) is 141 Å². The molecule has 1 unspecified atom stereocenters. The average Bonchev–Trinajstić information content (AvgIpc) is 2.67. The Bertz CT molecular complexity index is 153. The second kappa shape index (κ2) is 64.4. The van der Waals surface area contributed by atoms with Gasteiger partial charge < -0.3 is 0 Å². The van der Waals surface area contributed by atoms with E-state index in [4.69, 9.17) is 0 Å². The fourth-order valence-electron chi connectivity index (χ4n) is 1.11. The van der Waals surface area contributed by atoms with Crippen LogP contribution in [0.5, 0.6) is 0 Å². The van der Waals surface area contributed by atoms with E-state index >= 15 is 0 Å². The standard InChI is InChI=1S/C7H14.C7H16.2C3H8.2C2H6.C2H4/c1-5-7(4)6(2)3;1-4-6-7(3)5-2;2*1-3-2;3*1-2/h6H,4-5H2,1-3H3;7H,4-6H2,1-3H3;2*3H2,1-2H3;2*1-2H3;1-2H2. The average molecular weight is 375 g/mol. The summed E-state index contributed by atoms with van der Waals surface area (Å²) in [7, 11) is 0. The number of hydrogen-bond acceptors (Lipinski definition) is 0. The largest absolute Gasteiger partial charge is 0.106 e. The van der Waals surface area contributed by atoms with Gasteiger partial charge in [0.25, 0.3) is 0 Å². The highest BCUT2D eigenvalue weighted by Crippen LogP contribution is 2.08. The van der Waals surface area contributed by atoms with Crippen molar-refractivity contribution >= 4 is 0 Å². The van der Waals surface area contributed by atoms with E-state index < -0.39 is 0 Å². The summed E-state index contributed by atoms with van der Waals surface area (Å²) in [4.78, 5) is 0. The molecule has 0 radical (unpaired) electrons. The smallest absolute Gasteiger partial charge is 0.0263 e. The topological polar surface area (TPSA) is 0 Å². The van der Waals surface area contributed by atoms with Crippen molar-refractivity contribution in [2.75, 3.05) is 0 Å². The molecular weight excluding hydrogens is 312 g/mol. The lowest BCUT2D eigenvalue weighted by Gasteiger charge is -2.03. The molecule has 0 saturated heterocycles. The molecule has 0 bridgehead atoms. The van der Waals surface area contributed by atoms with Crippen molar-refractivity contribution in [1.29, 1.82) is 0 Å². The first-order chi connectivity index (χ1) is 12.3. The molecule has 0 aliphatic heterocycles. The van der Waals surface area contributed by atoms with Crippen LogP contribution in [0.25, 0.3) is 0 Å². The van der Waals surface area contributed by atoms with Crippen LogP contribution in [0.2, 0.25) is 0 Å². The summed E-state index contributed by atoms with van der Waals surface area (Å²) in [6.07, 6.45) is 7.71. The van der Waals surface area contributed by atoms with Gasteiger partial charge in [-0.05, 0) is 18.3 Å². The second-order valence-corrected chi connectivity index (χ2v) is 5.88. The minimum absolute atomic E-state index is 0.671. The molecule has 0 aromatic rings. The fraction of sp³-hybridized carbons (Fsp3) is 0.846. The van der Waals surface area contributed by atoms with E-state index in [1.165, 1.54) is 37.7 Å². The van der Waals surface area contributed by atoms with Gasteiger partial charge in [-0.15, -0.1) is 13.2 Å². The van der Waals surface area contributed by atoms with Crippen LogP contribution in [-0.4, -0.2) is 0 Å². The Balaban J connectivity index is -0.0000000354. The molecular formula is C26H62. The Kier molecular flexibility index (Phi) is 111. The summed E-state index contributed by atoms with van der Waals surface area (Å²) in [6, 6.07) is 0. The van der Waals surface area contributed by atoms with E-state index in [1.807, 2.05) is 27.7 Å². The normalized spacial score (nSPS) is 8.42. The van der Waals surface area contributed by atoms with Crippen LogP contribution >= 0.6 is 0 Å². The maximum Gasteiger partial charge on any atom is -0.0263 e. The molecule has 0 rings (SSSR count). The summed E-state index contributed by atoms with van der Waals surface area (Å²) >= 11 is 0. The minimum atomic E-state index is 0.671. The van der Waals surface area contributed by atoms with Gasteiger partial charge in [0, 0.05) is 0 Å². The van der Waals surface area contributed by atoms with Gasteiger partial charge in [0.1, 0.15) is 0 Å². The zero-order valence-electron chi connectivity index (χ0n) is 22.0. The van der Waals surface area contributed by atoms with Crippen LogP contribution in [0, 0.1) is 11.8 Å². The highest BCUT2D eigenvalue weighted by Gasteiger charge is 1.93. The first kappa shape index (κ1) is 44.7. The molecule has 1 atom stereocenters. The van der Waals surface area contributed by atoms with Gasteiger partial charge in [-0.3, -0.25) is 0 Å². The van der Waals surface area contributed by atoms with Crippen molar-refractivity contribution in [3.05, 3.63) is 25.3 Å². The van der Waals surface area contributed by atoms with Gasteiger partial charge in [0.2, 0.25) is 0 Å². The Morgan fingerprint density at radius 1 is 0.692 bits per heavy atom. The van der Waals surface area contributed by atoms with Crippen molar-refractivity contribution < 1.29 is 0 Å². The summed E-state index contributed by atoms with van der Waals surface area (Å²) in [5.74, 6) is 1.62. The van der Waals surface area contributed by atoms with Crippen molar-refractivity contribution in [2.45, 2.75) is 135 Å². The molecule has 0 heterocycles. The first-order valence-electron chi connectivity index (χ1n) is 11.5. The van der Waals surface area contributed by atoms with Crippen LogP contribution in [0.15, 0.2) is 25.3 Å². The molecule has 0 aromatic heterocycles. The summed E-state index contributed by atoms with van der Waals surface area (Å²) < 4.78 is 0. The second-order valence-electron chi connectivity index (χ2n) is 5.88. The number of hydrogen-bond donors (Lipinski definition) is 0. The van der Waals surface area contributed by atoms with Crippen LogP contribution < -0.4 is 0 Å². The molecule has 0 spiro atoms. The molecule has 0 aromatic carbocycles. The van der Waals surface area contributed by atoms with E-state index in [-0.39, 0.29) is 0 Å². The predicted molar refractivity (Wildman–Crippen MR) is 135 cm³/mol. The minimum Gasteiger partial charge on any atom is -0.106 e. The molecule has 0 nitrogen and oxygen atoms in total. The lowest BCUT2D eigenvalue weighted by molar-refractivity contribution is 0.509. The quantitative estimate of drug-likeness (QED) is 0.419. The fourth-order valence-corrected chi connectivity index (χ4v) is 1.11. The zero-order valence-corrected chi connectivity index (χ0v) is 22.0. The van der Waals surface area contributed by atoms with Crippen molar-refractivity contribution in [1.82, 2.24) is 0 Å². The Morgan fingerprint density at radius 2 is 0.962 bits per heavy atom. The summed E-state index contributed by atoms with van der Waals surface area (Å²) in [5, 5.41) is 0. The highest BCUT2D eigenvalue weighted by atomic mass is 14.0. The molecule has 166 valence electrons. The van der Waals surface area contributed by atoms with Gasteiger partial charge in [0.05, 0.1) is 0 Å². The van der Waals surface area contributed by atoms with Crippen molar-refractivity contribution in [3.63, 3.8) is 0 Å². The van der Waals surface area contributed by atoms with E-state index in [0.717, 1.165) is 12.3 Å². The van der Waals surface area contributed by atoms with Crippen LogP contribution in [0.1, 0.15) is 135 Å². The maximum atomic E-state index is 3.87. The highest BCUT2D eigenvalue weighted by molar-refractivity contribution is 4.95. The molecule has 0 aliphatic rings. The third kappa shape index (κ3) is 108. The van der Waals surface area contributed by atoms with E-state index in [9.17, 15) is 0 Å². The van der Waals surface area contributed by atoms with Gasteiger partial charge in [-0.2, -0.15) is 0 Å². The van der Waals surface area contributed by atoms with Crippen LogP contribution in [-0.2, 0) is 0 Å². The van der Waals surface area contributed by atoms with Gasteiger partial charge in [0.15, 0.2) is 0 Å². The van der Waals surface area contributed by atoms with Crippen molar-refractivity contribution in [2.24, 2.45) is 11.8 Å².